The molecule has 0 unspecified atom stereocenters. The quantitative estimate of drug-likeness (QED) is 0.631. The Bertz CT molecular complexity index is 264. The number of hydrogen-bond acceptors (Lipinski definition) is 4. The van der Waals surface area contributed by atoms with E-state index < -0.39 is 0 Å². The molecule has 1 saturated carbocycles. The summed E-state index contributed by atoms with van der Waals surface area (Å²) in [5.74, 6) is -0.115. The number of rotatable bonds is 8. The van der Waals surface area contributed by atoms with Gasteiger partial charge in [-0.2, -0.15) is 0 Å². The minimum Gasteiger partial charge on any atom is -0.465 e. The first-order chi connectivity index (χ1) is 8.17. The van der Waals surface area contributed by atoms with Crippen LogP contribution >= 0.6 is 0 Å². The first kappa shape index (κ1) is 14.0. The van der Waals surface area contributed by atoms with Crippen LogP contribution < -0.4 is 5.32 Å². The first-order valence-electron chi connectivity index (χ1n) is 6.27. The molecule has 1 aliphatic carbocycles. The second-order valence-corrected chi connectivity index (χ2v) is 4.28. The average Bonchev–Trinajstić information content (AvgIpc) is 3.11. The highest BCUT2D eigenvalue weighted by molar-refractivity contribution is 5.75. The summed E-state index contributed by atoms with van der Waals surface area (Å²) in [6, 6.07) is 0.518. The van der Waals surface area contributed by atoms with Gasteiger partial charge in [0.05, 0.1) is 13.2 Å². The van der Waals surface area contributed by atoms with Crippen LogP contribution in [0.1, 0.15) is 32.6 Å². The Hall–Kier alpha value is -1.10. The van der Waals surface area contributed by atoms with Crippen molar-refractivity contribution in [2.45, 2.75) is 38.6 Å². The number of hydrogen-bond donors (Lipinski definition) is 1. The normalized spacial score (nSPS) is 14.8. The summed E-state index contributed by atoms with van der Waals surface area (Å²) >= 11 is 0. The van der Waals surface area contributed by atoms with Gasteiger partial charge >= 0.3 is 5.97 Å². The van der Waals surface area contributed by atoms with Gasteiger partial charge in [0.15, 0.2) is 0 Å². The summed E-state index contributed by atoms with van der Waals surface area (Å²) in [6.45, 7) is 3.38. The van der Waals surface area contributed by atoms with Gasteiger partial charge in [0.1, 0.15) is 0 Å². The molecule has 0 saturated heterocycles. The summed E-state index contributed by atoms with van der Waals surface area (Å²) in [7, 11) is 1.64. The topological polar surface area (TPSA) is 58.6 Å². The maximum atomic E-state index is 11.4. The van der Waals surface area contributed by atoms with Gasteiger partial charge in [0.25, 0.3) is 0 Å². The largest absolute Gasteiger partial charge is 0.465 e. The van der Waals surface area contributed by atoms with Crippen LogP contribution in [-0.2, 0) is 14.3 Å². The zero-order chi connectivity index (χ0) is 12.7. The summed E-state index contributed by atoms with van der Waals surface area (Å²) in [5.41, 5.74) is 0. The van der Waals surface area contributed by atoms with Crippen LogP contribution in [0.2, 0.25) is 0 Å². The molecule has 0 spiro atoms. The molecule has 0 aromatic heterocycles. The highest BCUT2D eigenvalue weighted by Gasteiger charge is 2.30. The van der Waals surface area contributed by atoms with Crippen LogP contribution in [0.4, 0.5) is 0 Å². The fourth-order valence-corrected chi connectivity index (χ4v) is 1.77. The van der Waals surface area contributed by atoms with E-state index in [0.29, 0.717) is 25.6 Å². The molecular formula is C12H22N2O3. The van der Waals surface area contributed by atoms with Gasteiger partial charge in [-0.1, -0.05) is 0 Å². The van der Waals surface area contributed by atoms with Crippen molar-refractivity contribution < 1.29 is 14.3 Å². The Labute approximate surface area is 102 Å². The summed E-state index contributed by atoms with van der Waals surface area (Å²) < 4.78 is 4.94. The molecular weight excluding hydrogens is 220 g/mol. The first-order valence-corrected chi connectivity index (χ1v) is 6.27. The Morgan fingerprint density at radius 2 is 2.12 bits per heavy atom. The van der Waals surface area contributed by atoms with E-state index in [0.717, 1.165) is 25.8 Å². The molecule has 0 aliphatic heterocycles. The fraction of sp³-hybridized carbons (Fsp3) is 0.833. The van der Waals surface area contributed by atoms with E-state index in [4.69, 9.17) is 4.74 Å². The molecule has 1 fully saturated rings. The lowest BCUT2D eigenvalue weighted by atomic mass is 10.2. The van der Waals surface area contributed by atoms with Gasteiger partial charge in [0, 0.05) is 19.5 Å². The van der Waals surface area contributed by atoms with Crippen LogP contribution in [0.3, 0.4) is 0 Å². The fourth-order valence-electron chi connectivity index (χ4n) is 1.77. The molecule has 0 radical (unpaired) electrons. The van der Waals surface area contributed by atoms with Crippen molar-refractivity contribution in [1.29, 1.82) is 0 Å². The lowest BCUT2D eigenvalue weighted by molar-refractivity contribution is -0.144. The minimum atomic E-state index is -0.167. The number of carbonyl (C=O) groups is 2. The number of ether oxygens (including phenoxy) is 1. The van der Waals surface area contributed by atoms with E-state index in [1.807, 2.05) is 6.92 Å². The number of carbonyl (C=O) groups excluding carboxylic acids is 2. The molecule has 1 N–H and O–H groups in total. The average molecular weight is 242 g/mol. The molecule has 1 rings (SSSR count). The SMILES string of the molecule is CCOC(=O)CN(CCCC(=O)NC)C1CC1. The second kappa shape index (κ2) is 7.27. The highest BCUT2D eigenvalue weighted by atomic mass is 16.5. The van der Waals surface area contributed by atoms with Crippen LogP contribution in [0.25, 0.3) is 0 Å². The molecule has 0 atom stereocenters. The molecule has 0 aromatic carbocycles. The standard InChI is InChI=1S/C12H22N2O3/c1-3-17-12(16)9-14(10-6-7-10)8-4-5-11(15)13-2/h10H,3-9H2,1-2H3,(H,13,15). The Morgan fingerprint density at radius 3 is 2.65 bits per heavy atom. The number of esters is 1. The van der Waals surface area contributed by atoms with Gasteiger partial charge in [-0.25, -0.2) is 0 Å². The third kappa shape index (κ3) is 5.68. The lowest BCUT2D eigenvalue weighted by Gasteiger charge is -2.20. The monoisotopic (exact) mass is 242 g/mol. The molecule has 0 bridgehead atoms. The molecule has 5 heteroatoms. The van der Waals surface area contributed by atoms with Crippen molar-refractivity contribution in [3.8, 4) is 0 Å². The van der Waals surface area contributed by atoms with E-state index in [1.54, 1.807) is 7.05 Å². The van der Waals surface area contributed by atoms with Crippen molar-refractivity contribution in [3.05, 3.63) is 0 Å². The molecule has 1 amide bonds. The maximum absolute atomic E-state index is 11.4. The molecule has 98 valence electrons. The second-order valence-electron chi connectivity index (χ2n) is 4.28. The zero-order valence-corrected chi connectivity index (χ0v) is 10.7. The highest BCUT2D eigenvalue weighted by Crippen LogP contribution is 2.26. The van der Waals surface area contributed by atoms with Crippen molar-refractivity contribution in [3.63, 3.8) is 0 Å². The predicted octanol–water partition coefficient (Wildman–Crippen LogP) is 0.540. The summed E-state index contributed by atoms with van der Waals surface area (Å²) in [4.78, 5) is 24.6. The van der Waals surface area contributed by atoms with Crippen LogP contribution in [0, 0.1) is 0 Å². The Balaban J connectivity index is 2.23. The van der Waals surface area contributed by atoms with E-state index in [1.165, 1.54) is 0 Å². The van der Waals surface area contributed by atoms with Gasteiger partial charge in [0.2, 0.25) is 5.91 Å². The summed E-state index contributed by atoms with van der Waals surface area (Å²) in [5, 5.41) is 2.60. The molecule has 5 nitrogen and oxygen atoms in total. The van der Waals surface area contributed by atoms with Gasteiger partial charge in [-0.05, 0) is 32.7 Å². The molecule has 1 aliphatic rings. The van der Waals surface area contributed by atoms with Crippen molar-refractivity contribution in [2.75, 3.05) is 26.7 Å². The summed E-state index contributed by atoms with van der Waals surface area (Å²) in [6.07, 6.45) is 3.61. The lowest BCUT2D eigenvalue weighted by Crippen LogP contribution is -2.34. The van der Waals surface area contributed by atoms with E-state index >= 15 is 0 Å². The third-order valence-corrected chi connectivity index (χ3v) is 2.83. The maximum Gasteiger partial charge on any atom is 0.320 e. The van der Waals surface area contributed by atoms with Gasteiger partial charge in [-0.15, -0.1) is 0 Å². The molecule has 0 heterocycles. The Kier molecular flexibility index (Phi) is 5.97. The van der Waals surface area contributed by atoms with Crippen LogP contribution in [0.15, 0.2) is 0 Å². The smallest absolute Gasteiger partial charge is 0.320 e. The van der Waals surface area contributed by atoms with Crippen molar-refractivity contribution in [1.82, 2.24) is 10.2 Å². The molecule has 17 heavy (non-hydrogen) atoms. The minimum absolute atomic E-state index is 0.0527. The number of nitrogens with zero attached hydrogens (tertiary/aromatic N) is 1. The van der Waals surface area contributed by atoms with E-state index in [2.05, 4.69) is 10.2 Å². The molecule has 0 aromatic rings. The van der Waals surface area contributed by atoms with Crippen molar-refractivity contribution >= 4 is 11.9 Å². The van der Waals surface area contributed by atoms with Gasteiger partial charge < -0.3 is 10.1 Å². The van der Waals surface area contributed by atoms with E-state index in [-0.39, 0.29) is 11.9 Å². The Morgan fingerprint density at radius 1 is 1.41 bits per heavy atom. The number of amides is 1. The van der Waals surface area contributed by atoms with Crippen LogP contribution in [0.5, 0.6) is 0 Å². The van der Waals surface area contributed by atoms with Crippen LogP contribution in [-0.4, -0.2) is 49.6 Å². The zero-order valence-electron chi connectivity index (χ0n) is 10.7. The predicted molar refractivity (Wildman–Crippen MR) is 64.5 cm³/mol. The third-order valence-electron chi connectivity index (χ3n) is 2.83. The van der Waals surface area contributed by atoms with Crippen molar-refractivity contribution in [2.24, 2.45) is 0 Å². The number of nitrogens with one attached hydrogen (secondary N) is 1. The van der Waals surface area contributed by atoms with Gasteiger partial charge in [-0.3, -0.25) is 14.5 Å². The van der Waals surface area contributed by atoms with E-state index in [9.17, 15) is 9.59 Å².